The van der Waals surface area contributed by atoms with Crippen LogP contribution in [0.5, 0.6) is 0 Å². The minimum Gasteiger partial charge on any atom is -0.353 e. The molecule has 30 heavy (non-hydrogen) atoms. The van der Waals surface area contributed by atoms with Gasteiger partial charge in [0, 0.05) is 37.8 Å². The van der Waals surface area contributed by atoms with Crippen LogP contribution in [0.25, 0.3) is 5.82 Å². The number of carbonyl (C=O) groups is 2. The highest BCUT2D eigenvalue weighted by atomic mass is 16.2. The van der Waals surface area contributed by atoms with E-state index in [2.05, 4.69) is 15.5 Å². The zero-order valence-corrected chi connectivity index (χ0v) is 17.7. The number of rotatable bonds is 4. The molecule has 2 aromatic heterocycles. The van der Waals surface area contributed by atoms with Crippen molar-refractivity contribution in [2.24, 2.45) is 5.92 Å². The van der Waals surface area contributed by atoms with Gasteiger partial charge < -0.3 is 10.2 Å². The van der Waals surface area contributed by atoms with Gasteiger partial charge in [0.2, 0.25) is 11.8 Å². The van der Waals surface area contributed by atoms with Crippen molar-refractivity contribution in [3.63, 3.8) is 0 Å². The number of aromatic nitrogens is 4. The molecular formula is C21H28N6O3. The maximum absolute atomic E-state index is 12.5. The van der Waals surface area contributed by atoms with E-state index in [-0.39, 0.29) is 41.8 Å². The maximum atomic E-state index is 12.5. The Bertz CT molecular complexity index is 1020. The summed E-state index contributed by atoms with van der Waals surface area (Å²) in [5.41, 5.74) is 1.74. The molecule has 1 aliphatic carbocycles. The molecule has 1 N–H and O–H groups in total. The SMILES string of the molecule is Cc1cc(C)n(-c2ccc(=O)n(C3CCC(NC(=O)C4CC(=O)N(C)C4)CC3)n2)n1. The second kappa shape index (κ2) is 8.04. The Morgan fingerprint density at radius 1 is 1.10 bits per heavy atom. The number of carbonyl (C=O) groups excluding carboxylic acids is 2. The summed E-state index contributed by atoms with van der Waals surface area (Å²) in [4.78, 5) is 38.2. The van der Waals surface area contributed by atoms with Crippen molar-refractivity contribution in [2.75, 3.05) is 13.6 Å². The van der Waals surface area contributed by atoms with Crippen LogP contribution in [-0.2, 0) is 9.59 Å². The Labute approximate surface area is 175 Å². The highest BCUT2D eigenvalue weighted by Crippen LogP contribution is 2.28. The number of amides is 2. The summed E-state index contributed by atoms with van der Waals surface area (Å²) in [5.74, 6) is 0.345. The fraction of sp³-hybridized carbons (Fsp3) is 0.571. The smallest absolute Gasteiger partial charge is 0.267 e. The molecule has 0 bridgehead atoms. The van der Waals surface area contributed by atoms with Gasteiger partial charge in [0.15, 0.2) is 5.82 Å². The summed E-state index contributed by atoms with van der Waals surface area (Å²) in [6, 6.07) is 5.29. The Kier molecular flexibility index (Phi) is 5.44. The standard InChI is InChI=1S/C21H28N6O3/c1-13-10-14(2)26(23-13)18-8-9-19(28)27(24-18)17-6-4-16(5-7-17)22-21(30)15-11-20(29)25(3)12-15/h8-10,15-17H,4-7,11-12H2,1-3H3,(H,22,30). The van der Waals surface area contributed by atoms with Crippen LogP contribution < -0.4 is 10.9 Å². The first-order valence-electron chi connectivity index (χ1n) is 10.5. The molecular weight excluding hydrogens is 384 g/mol. The van der Waals surface area contributed by atoms with Gasteiger partial charge in [0.05, 0.1) is 17.7 Å². The molecule has 1 saturated carbocycles. The average Bonchev–Trinajstić information content (AvgIpc) is 3.23. The predicted octanol–water partition coefficient (Wildman–Crippen LogP) is 1.12. The monoisotopic (exact) mass is 412 g/mol. The molecule has 2 aromatic rings. The summed E-state index contributed by atoms with van der Waals surface area (Å²) in [5, 5.41) is 12.1. The molecule has 0 aromatic carbocycles. The molecule has 1 aliphatic heterocycles. The quantitative estimate of drug-likeness (QED) is 0.811. The molecule has 3 heterocycles. The van der Waals surface area contributed by atoms with Gasteiger partial charge in [-0.2, -0.15) is 5.10 Å². The highest BCUT2D eigenvalue weighted by Gasteiger charge is 2.34. The van der Waals surface area contributed by atoms with Crippen LogP contribution in [-0.4, -0.2) is 55.9 Å². The lowest BCUT2D eigenvalue weighted by molar-refractivity contribution is -0.128. The van der Waals surface area contributed by atoms with Gasteiger partial charge in [-0.3, -0.25) is 14.4 Å². The first-order chi connectivity index (χ1) is 14.3. The van der Waals surface area contributed by atoms with Gasteiger partial charge in [-0.15, -0.1) is 5.10 Å². The van der Waals surface area contributed by atoms with E-state index in [1.54, 1.807) is 33.4 Å². The normalized spacial score (nSPS) is 24.3. The molecule has 9 nitrogen and oxygen atoms in total. The Hall–Kier alpha value is -2.97. The van der Waals surface area contributed by atoms with Gasteiger partial charge in [-0.25, -0.2) is 9.36 Å². The van der Waals surface area contributed by atoms with E-state index in [1.165, 1.54) is 0 Å². The second-order valence-electron chi connectivity index (χ2n) is 8.50. The van der Waals surface area contributed by atoms with Crippen LogP contribution in [0, 0.1) is 19.8 Å². The number of likely N-dealkylation sites (tertiary alicyclic amines) is 1. The highest BCUT2D eigenvalue weighted by molar-refractivity contribution is 5.89. The van der Waals surface area contributed by atoms with Crippen molar-refractivity contribution in [3.05, 3.63) is 39.9 Å². The first kappa shape index (κ1) is 20.3. The number of hydrogen-bond donors (Lipinski definition) is 1. The summed E-state index contributed by atoms with van der Waals surface area (Å²) >= 11 is 0. The third-order valence-electron chi connectivity index (χ3n) is 6.14. The van der Waals surface area contributed by atoms with E-state index in [9.17, 15) is 14.4 Å². The molecule has 4 rings (SSSR count). The predicted molar refractivity (Wildman–Crippen MR) is 110 cm³/mol. The maximum Gasteiger partial charge on any atom is 0.267 e. The zero-order chi connectivity index (χ0) is 21.4. The van der Waals surface area contributed by atoms with E-state index >= 15 is 0 Å². The molecule has 0 spiro atoms. The molecule has 1 unspecified atom stereocenters. The average molecular weight is 412 g/mol. The van der Waals surface area contributed by atoms with E-state index < -0.39 is 0 Å². The van der Waals surface area contributed by atoms with Crippen molar-refractivity contribution >= 4 is 11.8 Å². The van der Waals surface area contributed by atoms with Crippen molar-refractivity contribution in [1.82, 2.24) is 29.8 Å². The van der Waals surface area contributed by atoms with Crippen molar-refractivity contribution in [1.29, 1.82) is 0 Å². The second-order valence-corrected chi connectivity index (χ2v) is 8.50. The lowest BCUT2D eigenvalue weighted by Crippen LogP contribution is -2.42. The molecule has 160 valence electrons. The third-order valence-corrected chi connectivity index (χ3v) is 6.14. The fourth-order valence-electron chi connectivity index (χ4n) is 4.47. The molecule has 1 saturated heterocycles. The lowest BCUT2D eigenvalue weighted by atomic mass is 9.90. The lowest BCUT2D eigenvalue weighted by Gasteiger charge is -2.30. The van der Waals surface area contributed by atoms with Crippen LogP contribution in [0.1, 0.15) is 49.5 Å². The van der Waals surface area contributed by atoms with Gasteiger partial charge in [-0.1, -0.05) is 0 Å². The molecule has 9 heteroatoms. The van der Waals surface area contributed by atoms with Crippen LogP contribution in [0.2, 0.25) is 0 Å². The number of nitrogens with zero attached hydrogens (tertiary/aromatic N) is 5. The summed E-state index contributed by atoms with van der Waals surface area (Å²) in [7, 11) is 1.73. The fourth-order valence-corrected chi connectivity index (χ4v) is 4.47. The van der Waals surface area contributed by atoms with Gasteiger partial charge >= 0.3 is 0 Å². The van der Waals surface area contributed by atoms with Gasteiger partial charge in [0.1, 0.15) is 0 Å². The molecule has 1 atom stereocenters. The minimum absolute atomic E-state index is 0.00163. The summed E-state index contributed by atoms with van der Waals surface area (Å²) < 4.78 is 3.31. The number of aryl methyl sites for hydroxylation is 2. The largest absolute Gasteiger partial charge is 0.353 e. The third kappa shape index (κ3) is 4.01. The van der Waals surface area contributed by atoms with Crippen molar-refractivity contribution < 1.29 is 9.59 Å². The molecule has 2 fully saturated rings. The van der Waals surface area contributed by atoms with Crippen LogP contribution in [0.4, 0.5) is 0 Å². The van der Waals surface area contributed by atoms with E-state index in [0.29, 0.717) is 12.4 Å². The Morgan fingerprint density at radius 2 is 1.83 bits per heavy atom. The molecule has 0 radical (unpaired) electrons. The topological polar surface area (TPSA) is 102 Å². The number of nitrogens with one attached hydrogen (secondary N) is 1. The van der Waals surface area contributed by atoms with Crippen LogP contribution in [0.15, 0.2) is 23.0 Å². The molecule has 2 aliphatic rings. The van der Waals surface area contributed by atoms with Crippen LogP contribution >= 0.6 is 0 Å². The number of hydrogen-bond acceptors (Lipinski definition) is 5. The van der Waals surface area contributed by atoms with E-state index in [4.69, 9.17) is 0 Å². The van der Waals surface area contributed by atoms with Crippen molar-refractivity contribution in [2.45, 2.75) is 58.0 Å². The van der Waals surface area contributed by atoms with Crippen LogP contribution in [0.3, 0.4) is 0 Å². The first-order valence-corrected chi connectivity index (χ1v) is 10.5. The molecule has 2 amide bonds. The van der Waals surface area contributed by atoms with E-state index in [0.717, 1.165) is 37.1 Å². The van der Waals surface area contributed by atoms with Gasteiger partial charge in [-0.05, 0) is 51.7 Å². The summed E-state index contributed by atoms with van der Waals surface area (Å²) in [6.07, 6.45) is 3.39. The van der Waals surface area contributed by atoms with E-state index in [1.807, 2.05) is 19.9 Å². The minimum atomic E-state index is -0.262. The summed E-state index contributed by atoms with van der Waals surface area (Å²) in [6.45, 7) is 4.37. The van der Waals surface area contributed by atoms with Gasteiger partial charge in [0.25, 0.3) is 5.56 Å². The Balaban J connectivity index is 1.40. The Morgan fingerprint density at radius 3 is 2.43 bits per heavy atom. The zero-order valence-electron chi connectivity index (χ0n) is 17.7. The van der Waals surface area contributed by atoms with Crippen molar-refractivity contribution in [3.8, 4) is 5.82 Å².